The molecule has 154 valence electrons. The summed E-state index contributed by atoms with van der Waals surface area (Å²) in [6.07, 6.45) is 5.47. The first-order valence-electron chi connectivity index (χ1n) is 11.0. The van der Waals surface area contributed by atoms with Crippen LogP contribution in [0.15, 0.2) is 54.6 Å². The molecule has 2 heterocycles. The van der Waals surface area contributed by atoms with Gasteiger partial charge in [-0.15, -0.1) is 0 Å². The van der Waals surface area contributed by atoms with E-state index in [0.29, 0.717) is 18.4 Å². The smallest absolute Gasteiger partial charge is 0.165 e. The van der Waals surface area contributed by atoms with Crippen molar-refractivity contribution in [3.63, 3.8) is 0 Å². The summed E-state index contributed by atoms with van der Waals surface area (Å²) in [4.78, 5) is 17.3. The van der Waals surface area contributed by atoms with Crippen molar-refractivity contribution in [1.29, 1.82) is 0 Å². The van der Waals surface area contributed by atoms with Gasteiger partial charge in [0.1, 0.15) is 0 Å². The second-order valence-electron chi connectivity index (χ2n) is 8.68. The van der Waals surface area contributed by atoms with Crippen molar-refractivity contribution in [2.75, 3.05) is 31.1 Å². The van der Waals surface area contributed by atoms with Crippen molar-refractivity contribution in [2.24, 2.45) is 0 Å². The molecule has 2 saturated heterocycles. The largest absolute Gasteiger partial charge is 0.389 e. The van der Waals surface area contributed by atoms with Gasteiger partial charge in [0.15, 0.2) is 5.78 Å². The Balaban J connectivity index is 1.27. The van der Waals surface area contributed by atoms with Gasteiger partial charge < -0.3 is 10.0 Å². The zero-order valence-electron chi connectivity index (χ0n) is 17.2. The minimum Gasteiger partial charge on any atom is -0.389 e. The summed E-state index contributed by atoms with van der Waals surface area (Å²) < 4.78 is 0. The van der Waals surface area contributed by atoms with E-state index in [0.717, 1.165) is 19.6 Å². The number of likely N-dealkylation sites (tertiary alicyclic amines) is 1. The maximum Gasteiger partial charge on any atom is 0.165 e. The van der Waals surface area contributed by atoms with Crippen LogP contribution in [0.2, 0.25) is 0 Å². The molecule has 2 aliphatic rings. The Bertz CT molecular complexity index is 789. The molecule has 0 radical (unpaired) electrons. The van der Waals surface area contributed by atoms with Gasteiger partial charge in [0, 0.05) is 50.4 Å². The highest BCUT2D eigenvalue weighted by Gasteiger charge is 2.34. The number of rotatable bonds is 6. The van der Waals surface area contributed by atoms with Crippen LogP contribution in [0.5, 0.6) is 0 Å². The summed E-state index contributed by atoms with van der Waals surface area (Å²) in [5, 5.41) is 10.9. The third-order valence-corrected chi connectivity index (χ3v) is 6.44. The first-order valence-corrected chi connectivity index (χ1v) is 11.0. The molecular formula is C25H32N2O2. The highest BCUT2D eigenvalue weighted by atomic mass is 16.3. The van der Waals surface area contributed by atoms with Crippen LogP contribution < -0.4 is 4.90 Å². The van der Waals surface area contributed by atoms with Gasteiger partial charge in [-0.1, -0.05) is 42.5 Å². The molecule has 0 bridgehead atoms. The predicted octanol–water partition coefficient (Wildman–Crippen LogP) is 4.28. The van der Waals surface area contributed by atoms with Gasteiger partial charge in [-0.25, -0.2) is 0 Å². The highest BCUT2D eigenvalue weighted by Crippen LogP contribution is 2.28. The number of anilines is 1. The van der Waals surface area contributed by atoms with Crippen LogP contribution in [0, 0.1) is 0 Å². The van der Waals surface area contributed by atoms with E-state index in [-0.39, 0.29) is 12.2 Å². The van der Waals surface area contributed by atoms with Crippen LogP contribution >= 0.6 is 0 Å². The molecule has 2 aromatic carbocycles. The molecule has 2 fully saturated rings. The van der Waals surface area contributed by atoms with Crippen LogP contribution in [0.25, 0.3) is 0 Å². The average Bonchev–Trinajstić information content (AvgIpc) is 2.77. The van der Waals surface area contributed by atoms with Crippen LogP contribution in [0.4, 0.5) is 5.69 Å². The standard InChI is InChI=1S/C25H32N2O2/c28-24(22-7-3-1-4-8-22)19-25(29)13-17-26(18-14-25)20-21-9-11-23(12-10-21)27-15-5-2-6-16-27/h1,3-4,7-12,29H,2,5-6,13-20H2. The quantitative estimate of drug-likeness (QED) is 0.746. The molecule has 4 nitrogen and oxygen atoms in total. The Kier molecular flexibility index (Phi) is 6.31. The lowest BCUT2D eigenvalue weighted by molar-refractivity contribution is -0.0241. The number of hydrogen-bond donors (Lipinski definition) is 1. The van der Waals surface area contributed by atoms with Gasteiger partial charge in [0.2, 0.25) is 0 Å². The SMILES string of the molecule is O=C(CC1(O)CCN(Cc2ccc(N3CCCCC3)cc2)CC1)c1ccccc1. The summed E-state index contributed by atoms with van der Waals surface area (Å²) in [7, 11) is 0. The van der Waals surface area contributed by atoms with E-state index in [2.05, 4.69) is 34.1 Å². The summed E-state index contributed by atoms with van der Waals surface area (Å²) in [5.41, 5.74) is 2.47. The molecule has 0 atom stereocenters. The Morgan fingerprint density at radius 3 is 2.17 bits per heavy atom. The fraction of sp³-hybridized carbons (Fsp3) is 0.480. The first kappa shape index (κ1) is 20.1. The molecule has 0 spiro atoms. The topological polar surface area (TPSA) is 43.8 Å². The Morgan fingerprint density at radius 1 is 0.862 bits per heavy atom. The molecule has 29 heavy (non-hydrogen) atoms. The minimum absolute atomic E-state index is 0.0369. The van der Waals surface area contributed by atoms with Gasteiger partial charge in [0.05, 0.1) is 5.60 Å². The van der Waals surface area contributed by atoms with E-state index >= 15 is 0 Å². The lowest BCUT2D eigenvalue weighted by atomic mass is 9.85. The van der Waals surface area contributed by atoms with Crippen molar-refractivity contribution in [3.8, 4) is 0 Å². The Hall–Kier alpha value is -2.17. The number of hydrogen-bond acceptors (Lipinski definition) is 4. The summed E-state index contributed by atoms with van der Waals surface area (Å²) >= 11 is 0. The maximum atomic E-state index is 12.5. The molecule has 2 aliphatic heterocycles. The zero-order chi connectivity index (χ0) is 20.1. The van der Waals surface area contributed by atoms with Crippen molar-refractivity contribution >= 4 is 11.5 Å². The fourth-order valence-corrected chi connectivity index (χ4v) is 4.55. The van der Waals surface area contributed by atoms with Crippen LogP contribution in [0.3, 0.4) is 0 Å². The van der Waals surface area contributed by atoms with E-state index in [1.54, 1.807) is 0 Å². The Morgan fingerprint density at radius 2 is 1.52 bits per heavy atom. The molecule has 4 rings (SSSR count). The number of carbonyl (C=O) groups excluding carboxylic acids is 1. The summed E-state index contributed by atoms with van der Waals surface area (Å²) in [6.45, 7) is 4.90. The third kappa shape index (κ3) is 5.26. The van der Waals surface area contributed by atoms with Gasteiger partial charge in [-0.3, -0.25) is 9.69 Å². The van der Waals surface area contributed by atoms with Crippen LogP contribution in [-0.4, -0.2) is 47.6 Å². The second kappa shape index (κ2) is 9.10. The number of carbonyl (C=O) groups is 1. The van der Waals surface area contributed by atoms with Crippen molar-refractivity contribution in [1.82, 2.24) is 4.90 Å². The summed E-state index contributed by atoms with van der Waals surface area (Å²) in [5.74, 6) is 0.0369. The van der Waals surface area contributed by atoms with Gasteiger partial charge in [0.25, 0.3) is 0 Å². The first-order chi connectivity index (χ1) is 14.1. The van der Waals surface area contributed by atoms with E-state index < -0.39 is 5.60 Å². The maximum absolute atomic E-state index is 12.5. The molecular weight excluding hydrogens is 360 g/mol. The number of aliphatic hydroxyl groups is 1. The summed E-state index contributed by atoms with van der Waals surface area (Å²) in [6, 6.07) is 18.3. The Labute approximate surface area is 174 Å². The van der Waals surface area contributed by atoms with Gasteiger partial charge in [-0.05, 0) is 49.8 Å². The third-order valence-electron chi connectivity index (χ3n) is 6.44. The number of Topliss-reactive ketones (excluding diaryl/α,β-unsaturated/α-hetero) is 1. The highest BCUT2D eigenvalue weighted by molar-refractivity contribution is 5.96. The van der Waals surface area contributed by atoms with E-state index in [1.807, 2.05) is 30.3 Å². The monoisotopic (exact) mass is 392 g/mol. The normalized spacial score (nSPS) is 19.8. The van der Waals surface area contributed by atoms with Gasteiger partial charge >= 0.3 is 0 Å². The van der Waals surface area contributed by atoms with E-state index in [9.17, 15) is 9.90 Å². The number of nitrogens with zero attached hydrogens (tertiary/aromatic N) is 2. The lowest BCUT2D eigenvalue weighted by Gasteiger charge is -2.38. The number of benzene rings is 2. The van der Waals surface area contributed by atoms with Crippen molar-refractivity contribution in [2.45, 2.75) is 50.7 Å². The predicted molar refractivity (Wildman–Crippen MR) is 117 cm³/mol. The molecule has 2 aromatic rings. The number of piperidine rings is 2. The zero-order valence-corrected chi connectivity index (χ0v) is 17.2. The van der Waals surface area contributed by atoms with Crippen molar-refractivity contribution in [3.05, 3.63) is 65.7 Å². The van der Waals surface area contributed by atoms with Crippen molar-refractivity contribution < 1.29 is 9.90 Å². The molecule has 0 aliphatic carbocycles. The average molecular weight is 393 g/mol. The molecule has 0 aromatic heterocycles. The van der Waals surface area contributed by atoms with Gasteiger partial charge in [-0.2, -0.15) is 0 Å². The van der Waals surface area contributed by atoms with E-state index in [4.69, 9.17) is 0 Å². The molecule has 0 unspecified atom stereocenters. The lowest BCUT2D eigenvalue weighted by Crippen LogP contribution is -2.45. The molecule has 1 N–H and O–H groups in total. The minimum atomic E-state index is -0.873. The van der Waals surface area contributed by atoms with E-state index in [1.165, 1.54) is 43.6 Å². The fourth-order valence-electron chi connectivity index (χ4n) is 4.55. The molecule has 4 heteroatoms. The number of ketones is 1. The molecule has 0 amide bonds. The van der Waals surface area contributed by atoms with Crippen LogP contribution in [0.1, 0.15) is 54.4 Å². The molecule has 0 saturated carbocycles. The second-order valence-corrected chi connectivity index (χ2v) is 8.68. The van der Waals surface area contributed by atoms with Crippen LogP contribution in [-0.2, 0) is 6.54 Å².